The number of carbonyl (C=O) groups excluding carboxylic acids is 2. The van der Waals surface area contributed by atoms with Gasteiger partial charge in [-0.1, -0.05) is 12.1 Å². The number of morpholine rings is 1. The number of aromatic nitrogens is 2. The van der Waals surface area contributed by atoms with E-state index in [0.29, 0.717) is 45.8 Å². The lowest BCUT2D eigenvalue weighted by Gasteiger charge is -2.27. The van der Waals surface area contributed by atoms with Gasteiger partial charge in [-0.25, -0.2) is 4.98 Å². The molecule has 1 aromatic heterocycles. The minimum Gasteiger partial charge on any atom is -0.378 e. The van der Waals surface area contributed by atoms with Gasteiger partial charge in [-0.05, 0) is 19.1 Å². The number of ether oxygens (including phenoxy) is 1. The van der Waals surface area contributed by atoms with E-state index < -0.39 is 0 Å². The number of likely N-dealkylation sites (tertiary alicyclic amines) is 1. The van der Waals surface area contributed by atoms with Crippen LogP contribution in [0.5, 0.6) is 0 Å². The highest BCUT2D eigenvalue weighted by Gasteiger charge is 2.33. The smallest absolute Gasteiger partial charge is 0.242 e. The average molecular weight is 356 g/mol. The first-order valence-corrected chi connectivity index (χ1v) is 9.26. The van der Waals surface area contributed by atoms with Crippen molar-refractivity contribution in [3.05, 3.63) is 30.1 Å². The lowest BCUT2D eigenvalue weighted by atomic mass is 10.1. The normalized spacial score (nSPS) is 21.0. The van der Waals surface area contributed by atoms with Gasteiger partial charge >= 0.3 is 0 Å². The van der Waals surface area contributed by atoms with Crippen LogP contribution in [0.3, 0.4) is 0 Å². The molecule has 0 bridgehead atoms. The zero-order chi connectivity index (χ0) is 18.1. The molecule has 2 aliphatic heterocycles. The van der Waals surface area contributed by atoms with E-state index in [1.165, 1.54) is 0 Å². The molecular formula is C19H24N4O3. The van der Waals surface area contributed by atoms with E-state index in [2.05, 4.69) is 0 Å². The Balaban J connectivity index is 1.66. The van der Waals surface area contributed by atoms with Crippen LogP contribution in [-0.2, 0) is 20.9 Å². The van der Waals surface area contributed by atoms with Gasteiger partial charge < -0.3 is 19.1 Å². The van der Waals surface area contributed by atoms with Crippen molar-refractivity contribution in [2.24, 2.45) is 0 Å². The van der Waals surface area contributed by atoms with Crippen molar-refractivity contribution in [3.63, 3.8) is 0 Å². The molecule has 0 radical (unpaired) electrons. The molecule has 0 spiro atoms. The molecule has 1 unspecified atom stereocenters. The summed E-state index contributed by atoms with van der Waals surface area (Å²) in [6, 6.07) is 7.86. The quantitative estimate of drug-likeness (QED) is 0.826. The highest BCUT2D eigenvalue weighted by atomic mass is 16.5. The van der Waals surface area contributed by atoms with Gasteiger partial charge in [0.1, 0.15) is 12.4 Å². The Bertz CT molecular complexity index is 825. The minimum atomic E-state index is 0.0346. The maximum absolute atomic E-state index is 12.8. The summed E-state index contributed by atoms with van der Waals surface area (Å²) in [6.45, 7) is 6.07. The van der Waals surface area contributed by atoms with Crippen LogP contribution in [0.25, 0.3) is 11.0 Å². The number of nitrogens with zero attached hydrogens (tertiary/aromatic N) is 4. The lowest BCUT2D eigenvalue weighted by Crippen LogP contribution is -2.42. The molecule has 0 aliphatic carbocycles. The van der Waals surface area contributed by atoms with Crippen LogP contribution < -0.4 is 0 Å². The Labute approximate surface area is 152 Å². The largest absolute Gasteiger partial charge is 0.378 e. The van der Waals surface area contributed by atoms with E-state index in [4.69, 9.17) is 9.72 Å². The monoisotopic (exact) mass is 356 g/mol. The summed E-state index contributed by atoms with van der Waals surface area (Å²) in [5.74, 6) is 1.12. The Morgan fingerprint density at radius 2 is 2.04 bits per heavy atom. The zero-order valence-corrected chi connectivity index (χ0v) is 15.1. The van der Waals surface area contributed by atoms with E-state index >= 15 is 0 Å². The molecule has 26 heavy (non-hydrogen) atoms. The molecule has 4 rings (SSSR count). The molecule has 7 heteroatoms. The van der Waals surface area contributed by atoms with Crippen molar-refractivity contribution in [3.8, 4) is 0 Å². The maximum Gasteiger partial charge on any atom is 0.242 e. The average Bonchev–Trinajstić information content (AvgIpc) is 3.23. The number of amides is 2. The summed E-state index contributed by atoms with van der Waals surface area (Å²) >= 11 is 0. The molecule has 3 heterocycles. The number of benzene rings is 1. The van der Waals surface area contributed by atoms with Crippen LogP contribution in [0.1, 0.15) is 25.1 Å². The SMILES string of the molecule is CCN1CC(c2nc3ccccc3n2CC(=O)N2CCOCC2)CC1=O. The van der Waals surface area contributed by atoms with Crippen LogP contribution >= 0.6 is 0 Å². The summed E-state index contributed by atoms with van der Waals surface area (Å²) in [7, 11) is 0. The predicted octanol–water partition coefficient (Wildman–Crippen LogP) is 1.23. The summed E-state index contributed by atoms with van der Waals surface area (Å²) in [6.07, 6.45) is 0.461. The van der Waals surface area contributed by atoms with Crippen LogP contribution in [-0.4, -0.2) is 70.6 Å². The second-order valence-electron chi connectivity index (χ2n) is 6.87. The first-order chi connectivity index (χ1) is 12.7. The molecular weight excluding hydrogens is 332 g/mol. The molecule has 2 amide bonds. The number of fused-ring (bicyclic) bond motifs is 1. The molecule has 7 nitrogen and oxygen atoms in total. The molecule has 138 valence electrons. The van der Waals surface area contributed by atoms with Crippen LogP contribution in [0.2, 0.25) is 0 Å². The first-order valence-electron chi connectivity index (χ1n) is 9.26. The van der Waals surface area contributed by atoms with Gasteiger partial charge in [0.15, 0.2) is 0 Å². The van der Waals surface area contributed by atoms with Crippen molar-refractivity contribution >= 4 is 22.8 Å². The van der Waals surface area contributed by atoms with E-state index in [0.717, 1.165) is 16.9 Å². The number of imidazole rings is 1. The van der Waals surface area contributed by atoms with E-state index in [1.807, 2.05) is 45.6 Å². The van der Waals surface area contributed by atoms with Crippen LogP contribution in [0.4, 0.5) is 0 Å². The van der Waals surface area contributed by atoms with Gasteiger partial charge in [0.2, 0.25) is 11.8 Å². The van der Waals surface area contributed by atoms with Crippen LogP contribution in [0, 0.1) is 0 Å². The summed E-state index contributed by atoms with van der Waals surface area (Å²) in [5, 5.41) is 0. The molecule has 0 saturated carbocycles. The fraction of sp³-hybridized carbons (Fsp3) is 0.526. The van der Waals surface area contributed by atoms with Gasteiger partial charge in [0.05, 0.1) is 24.2 Å². The third-order valence-electron chi connectivity index (χ3n) is 5.30. The number of carbonyl (C=O) groups is 2. The van der Waals surface area contributed by atoms with Gasteiger partial charge in [-0.2, -0.15) is 0 Å². The highest BCUT2D eigenvalue weighted by Crippen LogP contribution is 2.30. The molecule has 1 atom stereocenters. The van der Waals surface area contributed by atoms with Gasteiger partial charge in [0, 0.05) is 38.5 Å². The van der Waals surface area contributed by atoms with Gasteiger partial charge in [-0.3, -0.25) is 9.59 Å². The minimum absolute atomic E-state index is 0.0346. The number of hydrogen-bond acceptors (Lipinski definition) is 4. The maximum atomic E-state index is 12.8. The molecule has 2 aromatic rings. The van der Waals surface area contributed by atoms with Crippen molar-refractivity contribution in [1.82, 2.24) is 19.4 Å². The number of likely N-dealkylation sites (N-methyl/N-ethyl adjacent to an activating group) is 1. The van der Waals surface area contributed by atoms with Crippen molar-refractivity contribution in [2.45, 2.75) is 25.8 Å². The fourth-order valence-corrected chi connectivity index (χ4v) is 3.87. The number of hydrogen-bond donors (Lipinski definition) is 0. The fourth-order valence-electron chi connectivity index (χ4n) is 3.87. The third-order valence-corrected chi connectivity index (χ3v) is 5.30. The third kappa shape index (κ3) is 3.07. The first kappa shape index (κ1) is 17.0. The lowest BCUT2D eigenvalue weighted by molar-refractivity contribution is -0.135. The van der Waals surface area contributed by atoms with E-state index in [1.54, 1.807) is 0 Å². The topological polar surface area (TPSA) is 67.7 Å². The predicted molar refractivity (Wildman–Crippen MR) is 96.7 cm³/mol. The Hall–Kier alpha value is -2.41. The molecule has 2 saturated heterocycles. The van der Waals surface area contributed by atoms with Crippen molar-refractivity contribution in [2.75, 3.05) is 39.4 Å². The number of rotatable bonds is 4. The number of para-hydroxylation sites is 2. The molecule has 0 N–H and O–H groups in total. The Kier molecular flexibility index (Phi) is 4.63. The second kappa shape index (κ2) is 7.07. The van der Waals surface area contributed by atoms with E-state index in [-0.39, 0.29) is 24.3 Å². The second-order valence-corrected chi connectivity index (χ2v) is 6.87. The molecule has 1 aromatic carbocycles. The standard InChI is InChI=1S/C19H24N4O3/c1-2-21-12-14(11-17(21)24)19-20-15-5-3-4-6-16(15)23(19)13-18(25)22-7-9-26-10-8-22/h3-6,14H,2,7-13H2,1H3. The van der Waals surface area contributed by atoms with Gasteiger partial charge in [-0.15, -0.1) is 0 Å². The zero-order valence-electron chi connectivity index (χ0n) is 15.1. The van der Waals surface area contributed by atoms with Crippen molar-refractivity contribution in [1.29, 1.82) is 0 Å². The summed E-state index contributed by atoms with van der Waals surface area (Å²) < 4.78 is 7.34. The van der Waals surface area contributed by atoms with Crippen molar-refractivity contribution < 1.29 is 14.3 Å². The van der Waals surface area contributed by atoms with Crippen LogP contribution in [0.15, 0.2) is 24.3 Å². The highest BCUT2D eigenvalue weighted by molar-refractivity contribution is 5.83. The molecule has 2 fully saturated rings. The summed E-state index contributed by atoms with van der Waals surface area (Å²) in [5.41, 5.74) is 1.83. The van der Waals surface area contributed by atoms with Gasteiger partial charge in [0.25, 0.3) is 0 Å². The molecule has 2 aliphatic rings. The Morgan fingerprint density at radius 1 is 1.27 bits per heavy atom. The summed E-state index contributed by atoms with van der Waals surface area (Å²) in [4.78, 5) is 33.5. The Morgan fingerprint density at radius 3 is 2.77 bits per heavy atom. The van der Waals surface area contributed by atoms with E-state index in [9.17, 15) is 9.59 Å².